The Balaban J connectivity index is 1.96. The van der Waals surface area contributed by atoms with Gasteiger partial charge in [-0.3, -0.25) is 9.59 Å². The summed E-state index contributed by atoms with van der Waals surface area (Å²) in [4.78, 5) is 29.0. The third kappa shape index (κ3) is 3.95. The van der Waals surface area contributed by atoms with Crippen molar-refractivity contribution in [2.75, 3.05) is 52.4 Å². The van der Waals surface area contributed by atoms with E-state index >= 15 is 0 Å². The Labute approximate surface area is 124 Å². The fourth-order valence-electron chi connectivity index (χ4n) is 2.52. The smallest absolute Gasteiger partial charge is 0.266 e. The second kappa shape index (κ2) is 7.09. The molecule has 2 fully saturated rings. The molecule has 7 heteroatoms. The van der Waals surface area contributed by atoms with Crippen molar-refractivity contribution in [3.63, 3.8) is 0 Å². The summed E-state index contributed by atoms with van der Waals surface area (Å²) in [5.74, 6) is -0.210. The molecule has 2 saturated heterocycles. The van der Waals surface area contributed by atoms with E-state index in [0.29, 0.717) is 26.2 Å². The van der Waals surface area contributed by atoms with E-state index in [1.807, 2.05) is 11.0 Å². The normalized spacial score (nSPS) is 20.2. The molecule has 2 aliphatic heterocycles. The Morgan fingerprint density at radius 1 is 1.05 bits per heavy atom. The number of hydrogen-bond donors (Lipinski definition) is 1. The van der Waals surface area contributed by atoms with Crippen molar-refractivity contribution >= 4 is 11.8 Å². The van der Waals surface area contributed by atoms with Gasteiger partial charge in [-0.15, -0.1) is 0 Å². The van der Waals surface area contributed by atoms with Crippen LogP contribution in [0, 0.1) is 11.3 Å². The molecule has 0 aromatic heterocycles. The molecule has 2 rings (SSSR count). The van der Waals surface area contributed by atoms with Crippen molar-refractivity contribution in [1.82, 2.24) is 20.0 Å². The molecule has 0 aromatic carbocycles. The van der Waals surface area contributed by atoms with Crippen molar-refractivity contribution in [3.8, 4) is 6.07 Å². The van der Waals surface area contributed by atoms with Crippen LogP contribution in [0.1, 0.15) is 6.92 Å². The van der Waals surface area contributed by atoms with Crippen LogP contribution in [-0.2, 0) is 9.59 Å². The predicted molar refractivity (Wildman–Crippen MR) is 77.0 cm³/mol. The Morgan fingerprint density at radius 2 is 1.62 bits per heavy atom. The first-order chi connectivity index (χ1) is 10.1. The minimum Gasteiger partial charge on any atom is -0.374 e. The highest BCUT2D eigenvalue weighted by molar-refractivity contribution is 5.97. The number of nitriles is 1. The third-order valence-corrected chi connectivity index (χ3v) is 3.83. The summed E-state index contributed by atoms with van der Waals surface area (Å²) >= 11 is 0. The van der Waals surface area contributed by atoms with Gasteiger partial charge in [0, 0.05) is 65.5 Å². The van der Waals surface area contributed by atoms with Crippen LogP contribution in [0.2, 0.25) is 0 Å². The van der Waals surface area contributed by atoms with Crippen LogP contribution in [0.25, 0.3) is 0 Å². The van der Waals surface area contributed by atoms with Crippen LogP contribution in [-0.4, -0.2) is 78.9 Å². The summed E-state index contributed by atoms with van der Waals surface area (Å²) in [6, 6.07) is 2.01. The summed E-state index contributed by atoms with van der Waals surface area (Å²) in [5.41, 5.74) is 0.174. The summed E-state index contributed by atoms with van der Waals surface area (Å²) in [5, 5.41) is 12.5. The standard InChI is InChI=1S/C14H21N5O2/c1-12(20)18-6-8-19(9-7-18)14(21)13(10-15)11-17-4-2-16-3-5-17/h11,16H,2-9H2,1H3/b13-11-. The van der Waals surface area contributed by atoms with Crippen LogP contribution in [0.4, 0.5) is 0 Å². The van der Waals surface area contributed by atoms with Crippen LogP contribution in [0.5, 0.6) is 0 Å². The van der Waals surface area contributed by atoms with E-state index in [9.17, 15) is 14.9 Å². The fraction of sp³-hybridized carbons (Fsp3) is 0.643. The molecule has 2 amide bonds. The second-order valence-corrected chi connectivity index (χ2v) is 5.24. The average Bonchev–Trinajstić information content (AvgIpc) is 2.53. The molecule has 0 atom stereocenters. The van der Waals surface area contributed by atoms with Crippen molar-refractivity contribution in [3.05, 3.63) is 11.8 Å². The first-order valence-electron chi connectivity index (χ1n) is 7.23. The van der Waals surface area contributed by atoms with Gasteiger partial charge in [-0.25, -0.2) is 0 Å². The Hall–Kier alpha value is -2.07. The van der Waals surface area contributed by atoms with Crippen molar-refractivity contribution in [2.24, 2.45) is 0 Å². The molecule has 21 heavy (non-hydrogen) atoms. The number of nitrogens with zero attached hydrogens (tertiary/aromatic N) is 4. The van der Waals surface area contributed by atoms with Crippen LogP contribution >= 0.6 is 0 Å². The average molecular weight is 291 g/mol. The highest BCUT2D eigenvalue weighted by atomic mass is 16.2. The Bertz CT molecular complexity index is 468. The maximum absolute atomic E-state index is 12.4. The summed E-state index contributed by atoms with van der Waals surface area (Å²) in [7, 11) is 0. The van der Waals surface area contributed by atoms with Crippen LogP contribution in [0.15, 0.2) is 11.8 Å². The molecule has 0 spiro atoms. The SMILES string of the molecule is CC(=O)N1CCN(C(=O)/C(C#N)=C\N2CCNCC2)CC1. The first kappa shape index (κ1) is 15.3. The van der Waals surface area contributed by atoms with Gasteiger partial charge in [0.1, 0.15) is 11.6 Å². The lowest BCUT2D eigenvalue weighted by Gasteiger charge is -2.34. The molecule has 114 valence electrons. The highest BCUT2D eigenvalue weighted by Gasteiger charge is 2.25. The number of hydrogen-bond acceptors (Lipinski definition) is 5. The zero-order valence-corrected chi connectivity index (χ0v) is 12.3. The van der Waals surface area contributed by atoms with Crippen molar-refractivity contribution in [2.45, 2.75) is 6.92 Å². The molecule has 0 aromatic rings. The number of piperazine rings is 2. The van der Waals surface area contributed by atoms with Crippen molar-refractivity contribution in [1.29, 1.82) is 5.26 Å². The van der Waals surface area contributed by atoms with Crippen LogP contribution in [0.3, 0.4) is 0 Å². The fourth-order valence-corrected chi connectivity index (χ4v) is 2.52. The zero-order valence-electron chi connectivity index (χ0n) is 12.3. The van der Waals surface area contributed by atoms with Gasteiger partial charge in [0.2, 0.25) is 5.91 Å². The van der Waals surface area contributed by atoms with E-state index in [2.05, 4.69) is 5.32 Å². The number of carbonyl (C=O) groups excluding carboxylic acids is 2. The van der Waals surface area contributed by atoms with E-state index in [-0.39, 0.29) is 17.4 Å². The molecule has 7 nitrogen and oxygen atoms in total. The maximum atomic E-state index is 12.4. The number of nitrogens with one attached hydrogen (secondary N) is 1. The molecular weight excluding hydrogens is 270 g/mol. The van der Waals surface area contributed by atoms with Gasteiger partial charge in [-0.2, -0.15) is 5.26 Å². The van der Waals surface area contributed by atoms with E-state index in [1.165, 1.54) is 6.92 Å². The van der Waals surface area contributed by atoms with Gasteiger partial charge >= 0.3 is 0 Å². The number of carbonyl (C=O) groups is 2. The summed E-state index contributed by atoms with van der Waals surface area (Å²) in [6.07, 6.45) is 1.67. The highest BCUT2D eigenvalue weighted by Crippen LogP contribution is 2.08. The Kier molecular flexibility index (Phi) is 5.17. The zero-order chi connectivity index (χ0) is 15.2. The largest absolute Gasteiger partial charge is 0.374 e. The lowest BCUT2D eigenvalue weighted by Crippen LogP contribution is -2.50. The number of amides is 2. The molecule has 0 saturated carbocycles. The van der Waals surface area contributed by atoms with Gasteiger partial charge in [0.05, 0.1) is 0 Å². The van der Waals surface area contributed by atoms with E-state index < -0.39 is 0 Å². The van der Waals surface area contributed by atoms with Gasteiger partial charge in [0.25, 0.3) is 5.91 Å². The van der Waals surface area contributed by atoms with Crippen molar-refractivity contribution < 1.29 is 9.59 Å². The molecule has 1 N–H and O–H groups in total. The predicted octanol–water partition coefficient (Wildman–Crippen LogP) is -1.01. The summed E-state index contributed by atoms with van der Waals surface area (Å²) < 4.78 is 0. The molecular formula is C14H21N5O2. The lowest BCUT2D eigenvalue weighted by molar-refractivity contribution is -0.136. The maximum Gasteiger partial charge on any atom is 0.266 e. The monoisotopic (exact) mass is 291 g/mol. The minimum atomic E-state index is -0.237. The second-order valence-electron chi connectivity index (χ2n) is 5.24. The molecule has 2 heterocycles. The molecule has 0 aliphatic carbocycles. The lowest BCUT2D eigenvalue weighted by atomic mass is 10.2. The van der Waals surface area contributed by atoms with E-state index in [0.717, 1.165) is 26.2 Å². The van der Waals surface area contributed by atoms with Gasteiger partial charge in [-0.05, 0) is 0 Å². The minimum absolute atomic E-state index is 0.0268. The summed E-state index contributed by atoms with van der Waals surface area (Å²) in [6.45, 7) is 6.90. The molecule has 0 unspecified atom stereocenters. The van der Waals surface area contributed by atoms with E-state index in [1.54, 1.807) is 16.0 Å². The Morgan fingerprint density at radius 3 is 2.14 bits per heavy atom. The molecule has 2 aliphatic rings. The quantitative estimate of drug-likeness (QED) is 0.521. The van der Waals surface area contributed by atoms with Gasteiger partial charge < -0.3 is 20.0 Å². The first-order valence-corrected chi connectivity index (χ1v) is 7.23. The topological polar surface area (TPSA) is 79.7 Å². The molecule has 0 bridgehead atoms. The van der Waals surface area contributed by atoms with E-state index in [4.69, 9.17) is 0 Å². The van der Waals surface area contributed by atoms with Gasteiger partial charge in [-0.1, -0.05) is 0 Å². The molecule has 0 radical (unpaired) electrons. The van der Waals surface area contributed by atoms with Crippen LogP contribution < -0.4 is 5.32 Å². The van der Waals surface area contributed by atoms with Gasteiger partial charge in [0.15, 0.2) is 0 Å². The number of rotatable bonds is 2. The third-order valence-electron chi connectivity index (χ3n) is 3.83.